The van der Waals surface area contributed by atoms with Gasteiger partial charge in [0.25, 0.3) is 15.9 Å². The van der Waals surface area contributed by atoms with Gasteiger partial charge in [0.05, 0.1) is 4.90 Å². The molecule has 1 amide bonds. The Morgan fingerprint density at radius 3 is 2.52 bits per heavy atom. The number of fused-ring (bicyclic) bond motifs is 1. The molecule has 2 aromatic heterocycles. The largest absolute Gasteiger partial charge is 0.484 e. The average molecular weight is 466 g/mol. The van der Waals surface area contributed by atoms with Gasteiger partial charge >= 0.3 is 5.63 Å². The molecule has 0 bridgehead atoms. The Kier molecular flexibility index (Phi) is 6.05. The standard InChI is InChI=1S/C22H18N4O6S/c1-14-11-21(28)32-19-12-16(5-8-18(14)19)31-13-20(27)25-15-3-6-17(7-4-15)33(29,30)26-22-23-9-2-10-24-22/h2-12H,13H2,1H3,(H,25,27)(H,23,24,26). The molecule has 4 rings (SSSR count). The molecule has 0 aliphatic heterocycles. The Morgan fingerprint density at radius 1 is 1.06 bits per heavy atom. The average Bonchev–Trinajstić information content (AvgIpc) is 2.78. The minimum Gasteiger partial charge on any atom is -0.484 e. The van der Waals surface area contributed by atoms with Crippen LogP contribution in [0.15, 0.2) is 81.1 Å². The second-order valence-corrected chi connectivity index (χ2v) is 8.63. The number of nitrogens with one attached hydrogen (secondary N) is 2. The number of hydrogen-bond donors (Lipinski definition) is 2. The second-order valence-electron chi connectivity index (χ2n) is 6.95. The van der Waals surface area contributed by atoms with Gasteiger partial charge in [-0.2, -0.15) is 0 Å². The molecular formula is C22H18N4O6S. The number of hydrogen-bond acceptors (Lipinski definition) is 8. The number of sulfonamides is 1. The molecule has 0 aliphatic carbocycles. The first-order chi connectivity index (χ1) is 15.8. The molecule has 10 nitrogen and oxygen atoms in total. The van der Waals surface area contributed by atoms with Crippen LogP contribution in [-0.4, -0.2) is 30.9 Å². The van der Waals surface area contributed by atoms with Gasteiger partial charge in [0.2, 0.25) is 5.95 Å². The third-order valence-corrected chi connectivity index (χ3v) is 5.88. The first-order valence-electron chi connectivity index (χ1n) is 9.67. The Hall–Kier alpha value is -4.25. The van der Waals surface area contributed by atoms with Crippen molar-refractivity contribution in [3.8, 4) is 5.75 Å². The highest BCUT2D eigenvalue weighted by atomic mass is 32.2. The summed E-state index contributed by atoms with van der Waals surface area (Å²) in [5, 5.41) is 3.39. The summed E-state index contributed by atoms with van der Waals surface area (Å²) < 4.78 is 37.7. The van der Waals surface area contributed by atoms with Gasteiger partial charge in [0.15, 0.2) is 6.61 Å². The molecule has 168 valence electrons. The fraction of sp³-hybridized carbons (Fsp3) is 0.0909. The van der Waals surface area contributed by atoms with Gasteiger partial charge in [-0.05, 0) is 55.0 Å². The molecule has 0 fully saturated rings. The lowest BCUT2D eigenvalue weighted by Crippen LogP contribution is -2.20. The zero-order valence-corrected chi connectivity index (χ0v) is 18.1. The normalized spacial score (nSPS) is 11.2. The number of carbonyl (C=O) groups is 1. The van der Waals surface area contributed by atoms with Crippen LogP contribution in [0.4, 0.5) is 11.6 Å². The van der Waals surface area contributed by atoms with E-state index in [0.29, 0.717) is 17.0 Å². The summed E-state index contributed by atoms with van der Waals surface area (Å²) in [4.78, 5) is 31.4. The predicted molar refractivity (Wildman–Crippen MR) is 121 cm³/mol. The zero-order chi connectivity index (χ0) is 23.4. The topological polar surface area (TPSA) is 140 Å². The summed E-state index contributed by atoms with van der Waals surface area (Å²) in [6, 6.07) is 13.5. The molecule has 4 aromatic rings. The SMILES string of the molecule is Cc1cc(=O)oc2cc(OCC(=O)Nc3ccc(S(=O)(=O)Nc4ncccn4)cc3)ccc12. The number of aryl methyl sites for hydroxylation is 1. The van der Waals surface area contributed by atoms with Gasteiger partial charge in [-0.3, -0.25) is 4.79 Å². The summed E-state index contributed by atoms with van der Waals surface area (Å²) in [5.74, 6) is -0.135. The molecule has 33 heavy (non-hydrogen) atoms. The van der Waals surface area contributed by atoms with Crippen LogP contribution in [0, 0.1) is 6.92 Å². The quantitative estimate of drug-likeness (QED) is 0.396. The Labute approximate surface area is 188 Å². The Morgan fingerprint density at radius 2 is 1.79 bits per heavy atom. The van der Waals surface area contributed by atoms with Crippen LogP contribution in [0.1, 0.15) is 5.56 Å². The van der Waals surface area contributed by atoms with Crippen molar-refractivity contribution >= 4 is 38.5 Å². The predicted octanol–water partition coefficient (Wildman–Crippen LogP) is 2.71. The maximum atomic E-state index is 12.4. The van der Waals surface area contributed by atoms with Crippen LogP contribution in [0.3, 0.4) is 0 Å². The Balaban J connectivity index is 1.37. The highest BCUT2D eigenvalue weighted by molar-refractivity contribution is 7.92. The summed E-state index contributed by atoms with van der Waals surface area (Å²) in [6.45, 7) is 1.50. The molecular weight excluding hydrogens is 448 g/mol. The van der Waals surface area contributed by atoms with Gasteiger partial charge in [-0.15, -0.1) is 0 Å². The molecule has 11 heteroatoms. The van der Waals surface area contributed by atoms with E-state index in [2.05, 4.69) is 20.0 Å². The van der Waals surface area contributed by atoms with Crippen molar-refractivity contribution in [2.24, 2.45) is 0 Å². The van der Waals surface area contributed by atoms with Crippen molar-refractivity contribution in [1.29, 1.82) is 0 Å². The lowest BCUT2D eigenvalue weighted by Gasteiger charge is -2.10. The van der Waals surface area contributed by atoms with Crippen molar-refractivity contribution < 1.29 is 22.4 Å². The molecule has 2 N–H and O–H groups in total. The summed E-state index contributed by atoms with van der Waals surface area (Å²) in [7, 11) is -3.87. The zero-order valence-electron chi connectivity index (χ0n) is 17.3. The molecule has 0 spiro atoms. The lowest BCUT2D eigenvalue weighted by molar-refractivity contribution is -0.118. The van der Waals surface area contributed by atoms with E-state index in [0.717, 1.165) is 10.9 Å². The number of amides is 1. The van der Waals surface area contributed by atoms with Crippen molar-refractivity contribution in [2.45, 2.75) is 11.8 Å². The number of aromatic nitrogens is 2. The maximum absolute atomic E-state index is 12.4. The summed E-state index contributed by atoms with van der Waals surface area (Å²) >= 11 is 0. The number of carbonyl (C=O) groups excluding carboxylic acids is 1. The summed E-state index contributed by atoms with van der Waals surface area (Å²) in [6.07, 6.45) is 2.83. The maximum Gasteiger partial charge on any atom is 0.336 e. The van der Waals surface area contributed by atoms with Crippen molar-refractivity contribution in [2.75, 3.05) is 16.6 Å². The minimum absolute atomic E-state index is 0.0165. The molecule has 0 saturated heterocycles. The molecule has 0 atom stereocenters. The minimum atomic E-state index is -3.87. The van der Waals surface area contributed by atoms with E-state index in [1.54, 1.807) is 31.2 Å². The van der Waals surface area contributed by atoms with Crippen molar-refractivity contribution in [3.05, 3.63) is 83.0 Å². The van der Waals surface area contributed by atoms with Crippen LogP contribution in [-0.2, 0) is 14.8 Å². The monoisotopic (exact) mass is 466 g/mol. The number of ether oxygens (including phenoxy) is 1. The van der Waals surface area contributed by atoms with E-state index < -0.39 is 21.6 Å². The number of rotatable bonds is 7. The molecule has 0 radical (unpaired) electrons. The molecule has 0 aliphatic rings. The Bertz CT molecular complexity index is 1470. The van der Waals surface area contributed by atoms with Crippen LogP contribution in [0.2, 0.25) is 0 Å². The lowest BCUT2D eigenvalue weighted by atomic mass is 10.1. The molecule has 0 saturated carbocycles. The van der Waals surface area contributed by atoms with Gasteiger partial charge in [0.1, 0.15) is 11.3 Å². The van der Waals surface area contributed by atoms with Crippen LogP contribution < -0.4 is 20.4 Å². The summed E-state index contributed by atoms with van der Waals surface area (Å²) in [5.41, 5.74) is 1.07. The highest BCUT2D eigenvalue weighted by Gasteiger charge is 2.15. The smallest absolute Gasteiger partial charge is 0.336 e. The number of nitrogens with zero attached hydrogens (tertiary/aromatic N) is 2. The van der Waals surface area contributed by atoms with Crippen LogP contribution in [0.25, 0.3) is 11.0 Å². The van der Waals surface area contributed by atoms with Crippen molar-refractivity contribution in [3.63, 3.8) is 0 Å². The third kappa shape index (κ3) is 5.33. The van der Waals surface area contributed by atoms with Gasteiger partial charge < -0.3 is 14.5 Å². The molecule has 2 heterocycles. The number of benzene rings is 2. The first-order valence-corrected chi connectivity index (χ1v) is 11.2. The highest BCUT2D eigenvalue weighted by Crippen LogP contribution is 2.22. The molecule has 0 unspecified atom stereocenters. The fourth-order valence-corrected chi connectivity index (χ4v) is 3.95. The van der Waals surface area contributed by atoms with E-state index in [-0.39, 0.29) is 17.5 Å². The van der Waals surface area contributed by atoms with Crippen LogP contribution >= 0.6 is 0 Å². The van der Waals surface area contributed by atoms with Gasteiger partial charge in [-0.1, -0.05) is 0 Å². The fourth-order valence-electron chi connectivity index (χ4n) is 2.99. The van der Waals surface area contributed by atoms with E-state index in [9.17, 15) is 18.0 Å². The van der Waals surface area contributed by atoms with E-state index in [1.165, 1.54) is 42.7 Å². The van der Waals surface area contributed by atoms with E-state index in [4.69, 9.17) is 9.15 Å². The third-order valence-electron chi connectivity index (χ3n) is 4.53. The van der Waals surface area contributed by atoms with Gasteiger partial charge in [-0.25, -0.2) is 27.9 Å². The van der Waals surface area contributed by atoms with E-state index in [1.807, 2.05) is 0 Å². The second kappa shape index (κ2) is 9.09. The number of anilines is 2. The van der Waals surface area contributed by atoms with Gasteiger partial charge in [0, 0.05) is 35.6 Å². The first kappa shape index (κ1) is 22.0. The van der Waals surface area contributed by atoms with Crippen molar-refractivity contribution in [1.82, 2.24) is 9.97 Å². The van der Waals surface area contributed by atoms with Crippen LogP contribution in [0.5, 0.6) is 5.75 Å². The molecule has 2 aromatic carbocycles. The van der Waals surface area contributed by atoms with E-state index >= 15 is 0 Å².